The molecule has 0 aliphatic heterocycles. The zero-order valence-electron chi connectivity index (χ0n) is 24.3. The Balaban J connectivity index is 1.15. The standard InChI is InChI=1S/C42H26N2S/c1-4-18-37-31(12-1)32-13-2-5-19-38(32)44(37)28-22-23-36-35(25-28)33-17-8-16-30(42(33)43-36)27-11-7-10-26(24-27)29-15-9-21-40-41(29)34-14-3-6-20-39(34)45-40/h1-25,43H. The van der Waals surface area contributed by atoms with Crippen LogP contribution in [0.15, 0.2) is 152 Å². The van der Waals surface area contributed by atoms with Gasteiger partial charge in [-0.15, -0.1) is 11.3 Å². The van der Waals surface area contributed by atoms with Crippen molar-refractivity contribution in [2.24, 2.45) is 0 Å². The number of hydrogen-bond acceptors (Lipinski definition) is 1. The Hall–Kier alpha value is -5.64. The maximum absolute atomic E-state index is 3.79. The number of aromatic amines is 1. The lowest BCUT2D eigenvalue weighted by Crippen LogP contribution is -1.93. The summed E-state index contributed by atoms with van der Waals surface area (Å²) in [5, 5.41) is 7.70. The summed E-state index contributed by atoms with van der Waals surface area (Å²) in [5.41, 5.74) is 10.9. The molecule has 0 saturated heterocycles. The van der Waals surface area contributed by atoms with Gasteiger partial charge < -0.3 is 9.55 Å². The fourth-order valence-electron chi connectivity index (χ4n) is 7.36. The molecule has 2 nitrogen and oxygen atoms in total. The summed E-state index contributed by atoms with van der Waals surface area (Å²) in [6.07, 6.45) is 0. The Bertz CT molecular complexity index is 2720. The van der Waals surface area contributed by atoms with Gasteiger partial charge in [0.1, 0.15) is 0 Å². The Kier molecular flexibility index (Phi) is 5.19. The fourth-order valence-corrected chi connectivity index (χ4v) is 8.49. The lowest BCUT2D eigenvalue weighted by atomic mass is 9.95. The average molecular weight is 591 g/mol. The second-order valence-electron chi connectivity index (χ2n) is 11.8. The maximum Gasteiger partial charge on any atom is 0.0544 e. The number of fused-ring (bicyclic) bond motifs is 9. The third-order valence-electron chi connectivity index (χ3n) is 9.34. The number of thiophene rings is 1. The molecule has 0 radical (unpaired) electrons. The van der Waals surface area contributed by atoms with E-state index in [4.69, 9.17) is 0 Å². The van der Waals surface area contributed by atoms with Crippen LogP contribution in [0.1, 0.15) is 0 Å². The summed E-state index contributed by atoms with van der Waals surface area (Å²) >= 11 is 1.87. The zero-order chi connectivity index (χ0) is 29.5. The van der Waals surface area contributed by atoms with E-state index in [-0.39, 0.29) is 0 Å². The van der Waals surface area contributed by atoms with E-state index >= 15 is 0 Å². The van der Waals surface area contributed by atoms with E-state index in [0.29, 0.717) is 0 Å². The van der Waals surface area contributed by atoms with E-state index in [1.807, 2.05) is 11.3 Å². The predicted octanol–water partition coefficient (Wildman–Crippen LogP) is 12.1. The largest absolute Gasteiger partial charge is 0.354 e. The second-order valence-corrected chi connectivity index (χ2v) is 12.9. The number of nitrogens with zero attached hydrogens (tertiary/aromatic N) is 1. The molecule has 45 heavy (non-hydrogen) atoms. The van der Waals surface area contributed by atoms with Crippen LogP contribution in [0.4, 0.5) is 0 Å². The summed E-state index contributed by atoms with van der Waals surface area (Å²) in [6, 6.07) is 55.4. The molecule has 10 rings (SSSR count). The number of benzene rings is 7. The number of nitrogens with one attached hydrogen (secondary N) is 1. The minimum Gasteiger partial charge on any atom is -0.354 e. The van der Waals surface area contributed by atoms with E-state index in [9.17, 15) is 0 Å². The lowest BCUT2D eigenvalue weighted by molar-refractivity contribution is 1.19. The van der Waals surface area contributed by atoms with E-state index in [2.05, 4.69) is 161 Å². The monoisotopic (exact) mass is 590 g/mol. The molecule has 3 heteroatoms. The first kappa shape index (κ1) is 24.8. The van der Waals surface area contributed by atoms with Crippen LogP contribution < -0.4 is 0 Å². The fraction of sp³-hybridized carbons (Fsp3) is 0. The summed E-state index contributed by atoms with van der Waals surface area (Å²) in [7, 11) is 0. The third-order valence-corrected chi connectivity index (χ3v) is 10.5. The Morgan fingerprint density at radius 1 is 0.444 bits per heavy atom. The summed E-state index contributed by atoms with van der Waals surface area (Å²) < 4.78 is 5.06. The van der Waals surface area contributed by atoms with Crippen molar-refractivity contribution in [2.75, 3.05) is 0 Å². The van der Waals surface area contributed by atoms with Gasteiger partial charge in [-0.2, -0.15) is 0 Å². The van der Waals surface area contributed by atoms with Crippen molar-refractivity contribution < 1.29 is 0 Å². The molecular formula is C42H26N2S. The number of H-pyrrole nitrogens is 1. The normalized spacial score (nSPS) is 12.0. The molecule has 0 aliphatic carbocycles. The molecular weight excluding hydrogens is 565 g/mol. The summed E-state index contributed by atoms with van der Waals surface area (Å²) in [6.45, 7) is 0. The molecule has 0 unspecified atom stereocenters. The van der Waals surface area contributed by atoms with Gasteiger partial charge in [0.2, 0.25) is 0 Å². The van der Waals surface area contributed by atoms with Crippen molar-refractivity contribution in [3.8, 4) is 27.9 Å². The van der Waals surface area contributed by atoms with Crippen LogP contribution in [-0.2, 0) is 0 Å². The van der Waals surface area contributed by atoms with Crippen LogP contribution in [0.2, 0.25) is 0 Å². The SMILES string of the molecule is c1cc(-c2cccc3c2[nH]c2ccc(-n4c5ccccc5c5ccccc54)cc23)cc(-c2cccc3sc4ccccc4c23)c1. The van der Waals surface area contributed by atoms with Crippen molar-refractivity contribution in [2.45, 2.75) is 0 Å². The second kappa shape index (κ2) is 9.43. The van der Waals surface area contributed by atoms with Crippen molar-refractivity contribution in [3.05, 3.63) is 152 Å². The van der Waals surface area contributed by atoms with Gasteiger partial charge in [0.25, 0.3) is 0 Å². The molecule has 0 fully saturated rings. The average Bonchev–Trinajstić information content (AvgIpc) is 3.77. The molecule has 7 aromatic carbocycles. The molecule has 0 saturated carbocycles. The van der Waals surface area contributed by atoms with Gasteiger partial charge in [-0.25, -0.2) is 0 Å². The quantitative estimate of drug-likeness (QED) is 0.211. The highest BCUT2D eigenvalue weighted by Crippen LogP contribution is 2.42. The first-order valence-electron chi connectivity index (χ1n) is 15.4. The van der Waals surface area contributed by atoms with Gasteiger partial charge >= 0.3 is 0 Å². The van der Waals surface area contributed by atoms with Crippen LogP contribution in [0.3, 0.4) is 0 Å². The van der Waals surface area contributed by atoms with E-state index in [1.165, 1.54) is 86.2 Å². The first-order chi connectivity index (χ1) is 22.3. The molecule has 0 amide bonds. The molecule has 0 aliphatic rings. The van der Waals surface area contributed by atoms with Crippen LogP contribution in [-0.4, -0.2) is 9.55 Å². The highest BCUT2D eigenvalue weighted by Gasteiger charge is 2.16. The zero-order valence-corrected chi connectivity index (χ0v) is 25.1. The van der Waals surface area contributed by atoms with Crippen molar-refractivity contribution >= 4 is 75.1 Å². The molecule has 3 aromatic heterocycles. The number of hydrogen-bond donors (Lipinski definition) is 1. The van der Waals surface area contributed by atoms with Crippen LogP contribution in [0.5, 0.6) is 0 Å². The predicted molar refractivity (Wildman–Crippen MR) is 194 cm³/mol. The van der Waals surface area contributed by atoms with E-state index in [1.54, 1.807) is 0 Å². The summed E-state index contributed by atoms with van der Waals surface area (Å²) in [4.78, 5) is 3.79. The highest BCUT2D eigenvalue weighted by atomic mass is 32.1. The topological polar surface area (TPSA) is 20.7 Å². The minimum atomic E-state index is 1.15. The maximum atomic E-state index is 3.79. The number of para-hydroxylation sites is 3. The van der Waals surface area contributed by atoms with Crippen molar-refractivity contribution in [1.82, 2.24) is 9.55 Å². The Morgan fingerprint density at radius 2 is 1.07 bits per heavy atom. The van der Waals surface area contributed by atoms with Gasteiger partial charge in [-0.1, -0.05) is 103 Å². The molecule has 210 valence electrons. The lowest BCUT2D eigenvalue weighted by Gasteiger charge is -2.09. The van der Waals surface area contributed by atoms with E-state index in [0.717, 1.165) is 5.52 Å². The molecule has 10 aromatic rings. The molecule has 0 atom stereocenters. The highest BCUT2D eigenvalue weighted by molar-refractivity contribution is 7.25. The Morgan fingerprint density at radius 3 is 1.89 bits per heavy atom. The molecule has 0 spiro atoms. The first-order valence-corrected chi connectivity index (χ1v) is 16.2. The van der Waals surface area contributed by atoms with Gasteiger partial charge in [0.15, 0.2) is 0 Å². The van der Waals surface area contributed by atoms with Crippen molar-refractivity contribution in [3.63, 3.8) is 0 Å². The van der Waals surface area contributed by atoms with Gasteiger partial charge in [-0.05, 0) is 65.2 Å². The molecule has 3 heterocycles. The van der Waals surface area contributed by atoms with Crippen LogP contribution >= 0.6 is 11.3 Å². The van der Waals surface area contributed by atoms with Crippen molar-refractivity contribution in [1.29, 1.82) is 0 Å². The van der Waals surface area contributed by atoms with Gasteiger partial charge in [0.05, 0.1) is 16.6 Å². The van der Waals surface area contributed by atoms with E-state index < -0.39 is 0 Å². The number of rotatable bonds is 3. The van der Waals surface area contributed by atoms with Crippen LogP contribution in [0, 0.1) is 0 Å². The molecule has 0 bridgehead atoms. The summed E-state index contributed by atoms with van der Waals surface area (Å²) in [5.74, 6) is 0. The van der Waals surface area contributed by atoms with Crippen LogP contribution in [0.25, 0.3) is 91.7 Å². The molecule has 1 N–H and O–H groups in total. The smallest absolute Gasteiger partial charge is 0.0544 e. The minimum absolute atomic E-state index is 1.15. The number of aromatic nitrogens is 2. The third kappa shape index (κ3) is 3.62. The van der Waals surface area contributed by atoms with Gasteiger partial charge in [-0.3, -0.25) is 0 Å². The Labute approximate surface area is 263 Å². The van der Waals surface area contributed by atoms with Gasteiger partial charge in [0, 0.05) is 58.5 Å².